The van der Waals surface area contributed by atoms with Crippen molar-refractivity contribution in [2.45, 2.75) is 0 Å². The van der Waals surface area contributed by atoms with E-state index in [1.54, 1.807) is 0 Å². The molecule has 3 nitrogen and oxygen atoms in total. The quantitative estimate of drug-likeness (QED) is 0.181. The van der Waals surface area contributed by atoms with E-state index in [2.05, 4.69) is 204 Å². The smallest absolute Gasteiger partial charge is 0.137 e. The van der Waals surface area contributed by atoms with Crippen LogP contribution in [0.25, 0.3) is 71.3 Å². The number of aromatic nitrogens is 1. The zero-order valence-corrected chi connectivity index (χ0v) is 28.8. The summed E-state index contributed by atoms with van der Waals surface area (Å²) in [6.07, 6.45) is 0. The van der Waals surface area contributed by atoms with Gasteiger partial charge in [-0.2, -0.15) is 0 Å². The second-order valence-electron chi connectivity index (χ2n) is 13.7. The van der Waals surface area contributed by atoms with Crippen molar-refractivity contribution in [1.29, 1.82) is 0 Å². The van der Waals surface area contributed by atoms with Crippen LogP contribution in [0.3, 0.4) is 0 Å². The van der Waals surface area contributed by atoms with Crippen molar-refractivity contribution in [2.24, 2.45) is 0 Å². The Morgan fingerprint density at radius 1 is 0.396 bits per heavy atom. The van der Waals surface area contributed by atoms with E-state index in [1.165, 1.54) is 60.0 Å². The van der Waals surface area contributed by atoms with E-state index >= 15 is 0 Å². The highest BCUT2D eigenvalue weighted by Crippen LogP contribution is 2.50. The number of hydrogen-bond acceptors (Lipinski definition) is 2. The molecule has 0 saturated carbocycles. The fraction of sp³-hybridized carbons (Fsp3) is 0. The molecule has 0 spiro atoms. The molecular formula is C50H32N2O. The van der Waals surface area contributed by atoms with Gasteiger partial charge in [0.2, 0.25) is 0 Å². The first-order valence-electron chi connectivity index (χ1n) is 18.1. The minimum absolute atomic E-state index is 0.860. The van der Waals surface area contributed by atoms with E-state index < -0.39 is 0 Å². The van der Waals surface area contributed by atoms with Crippen molar-refractivity contribution >= 4 is 60.4 Å². The lowest BCUT2D eigenvalue weighted by Gasteiger charge is -2.29. The van der Waals surface area contributed by atoms with E-state index in [4.69, 9.17) is 4.74 Å². The predicted molar refractivity (Wildman–Crippen MR) is 221 cm³/mol. The Bertz CT molecular complexity index is 3030. The van der Waals surface area contributed by atoms with Crippen molar-refractivity contribution in [3.05, 3.63) is 194 Å². The van der Waals surface area contributed by atoms with Gasteiger partial charge in [0.25, 0.3) is 0 Å². The van der Waals surface area contributed by atoms with Crippen molar-refractivity contribution in [2.75, 3.05) is 4.90 Å². The van der Waals surface area contributed by atoms with Gasteiger partial charge in [0.15, 0.2) is 0 Å². The molecule has 2 heterocycles. The first-order valence-corrected chi connectivity index (χ1v) is 18.1. The largest absolute Gasteiger partial charge is 0.456 e. The van der Waals surface area contributed by atoms with Crippen LogP contribution in [0.2, 0.25) is 0 Å². The molecule has 0 saturated heterocycles. The molecule has 1 aromatic heterocycles. The second-order valence-corrected chi connectivity index (χ2v) is 13.7. The monoisotopic (exact) mass is 676 g/mol. The van der Waals surface area contributed by atoms with E-state index in [1.807, 2.05) is 0 Å². The third-order valence-electron chi connectivity index (χ3n) is 10.8. The fourth-order valence-corrected chi connectivity index (χ4v) is 8.42. The summed E-state index contributed by atoms with van der Waals surface area (Å²) >= 11 is 0. The molecule has 0 radical (unpaired) electrons. The normalized spacial score (nSPS) is 11.9. The molecule has 0 bridgehead atoms. The van der Waals surface area contributed by atoms with Crippen molar-refractivity contribution in [3.63, 3.8) is 0 Å². The lowest BCUT2D eigenvalue weighted by molar-refractivity contribution is 0.487. The van der Waals surface area contributed by atoms with Crippen molar-refractivity contribution in [3.8, 4) is 39.4 Å². The summed E-state index contributed by atoms with van der Waals surface area (Å²) in [7, 11) is 0. The molecular weight excluding hydrogens is 645 g/mol. The van der Waals surface area contributed by atoms with Crippen LogP contribution in [0.1, 0.15) is 0 Å². The van der Waals surface area contributed by atoms with Crippen LogP contribution in [0.5, 0.6) is 11.5 Å². The van der Waals surface area contributed by atoms with E-state index in [0.29, 0.717) is 0 Å². The van der Waals surface area contributed by atoms with Crippen LogP contribution in [0.15, 0.2) is 194 Å². The molecule has 9 aromatic carbocycles. The molecule has 248 valence electrons. The highest BCUT2D eigenvalue weighted by molar-refractivity contribution is 6.13. The Morgan fingerprint density at radius 2 is 1.09 bits per heavy atom. The molecule has 1 aliphatic rings. The Kier molecular flexibility index (Phi) is 6.55. The Labute approximate surface area is 307 Å². The van der Waals surface area contributed by atoms with Gasteiger partial charge >= 0.3 is 0 Å². The third kappa shape index (κ3) is 4.61. The van der Waals surface area contributed by atoms with Gasteiger partial charge in [-0.15, -0.1) is 0 Å². The van der Waals surface area contributed by atoms with Crippen molar-refractivity contribution < 1.29 is 4.74 Å². The molecule has 3 heteroatoms. The minimum Gasteiger partial charge on any atom is -0.456 e. The third-order valence-corrected chi connectivity index (χ3v) is 10.8. The molecule has 0 atom stereocenters. The maximum absolute atomic E-state index is 6.64. The summed E-state index contributed by atoms with van der Waals surface area (Å²) < 4.78 is 9.01. The van der Waals surface area contributed by atoms with Crippen LogP contribution >= 0.6 is 0 Å². The van der Waals surface area contributed by atoms with Crippen LogP contribution in [0, 0.1) is 0 Å². The van der Waals surface area contributed by atoms with E-state index in [0.717, 1.165) is 39.8 Å². The van der Waals surface area contributed by atoms with Gasteiger partial charge in [0.1, 0.15) is 11.5 Å². The summed E-state index contributed by atoms with van der Waals surface area (Å²) in [5, 5.41) is 7.22. The summed E-state index contributed by atoms with van der Waals surface area (Å²) in [6, 6.07) is 69.7. The molecule has 0 N–H and O–H groups in total. The van der Waals surface area contributed by atoms with Crippen LogP contribution in [-0.2, 0) is 0 Å². The molecule has 10 aromatic rings. The SMILES string of the molecule is c1ccc(N(c2ccc3c(c2)Oc2cccc4cccc-3c24)c2ccc(-c3ccc4c(c3)c3ccccc3n4-c3ccccc3)c3ccccc23)cc1. The maximum Gasteiger partial charge on any atom is 0.137 e. The van der Waals surface area contributed by atoms with E-state index in [-0.39, 0.29) is 0 Å². The number of nitrogens with zero attached hydrogens (tertiary/aromatic N) is 2. The zero-order valence-electron chi connectivity index (χ0n) is 28.8. The number of anilines is 3. The number of ether oxygens (including phenoxy) is 1. The summed E-state index contributed by atoms with van der Waals surface area (Å²) in [5.74, 6) is 1.76. The summed E-state index contributed by atoms with van der Waals surface area (Å²) in [5.41, 5.74) is 11.5. The van der Waals surface area contributed by atoms with Crippen LogP contribution < -0.4 is 9.64 Å². The lowest BCUT2D eigenvalue weighted by atomic mass is 9.94. The number of rotatable bonds is 5. The lowest BCUT2D eigenvalue weighted by Crippen LogP contribution is -2.11. The molecule has 11 rings (SSSR count). The average Bonchev–Trinajstić information content (AvgIpc) is 3.55. The van der Waals surface area contributed by atoms with Gasteiger partial charge in [-0.1, -0.05) is 121 Å². The highest BCUT2D eigenvalue weighted by Gasteiger charge is 2.23. The second kappa shape index (κ2) is 11.7. The topological polar surface area (TPSA) is 17.4 Å². The Morgan fingerprint density at radius 3 is 1.94 bits per heavy atom. The maximum atomic E-state index is 6.64. The highest BCUT2D eigenvalue weighted by atomic mass is 16.5. The number of para-hydroxylation sites is 3. The van der Waals surface area contributed by atoms with Gasteiger partial charge in [-0.25, -0.2) is 0 Å². The van der Waals surface area contributed by atoms with Gasteiger partial charge in [-0.3, -0.25) is 0 Å². The van der Waals surface area contributed by atoms with Gasteiger partial charge in [0, 0.05) is 50.2 Å². The predicted octanol–water partition coefficient (Wildman–Crippen LogP) is 14.0. The molecule has 0 fully saturated rings. The van der Waals surface area contributed by atoms with Gasteiger partial charge in [-0.05, 0) is 94.2 Å². The Hall–Kier alpha value is -7.10. The fourth-order valence-electron chi connectivity index (χ4n) is 8.42. The minimum atomic E-state index is 0.860. The van der Waals surface area contributed by atoms with E-state index in [9.17, 15) is 0 Å². The number of fused-ring (bicyclic) bond motifs is 6. The van der Waals surface area contributed by atoms with Crippen LogP contribution in [-0.4, -0.2) is 4.57 Å². The molecule has 0 amide bonds. The zero-order chi connectivity index (χ0) is 34.9. The summed E-state index contributed by atoms with van der Waals surface area (Å²) in [4.78, 5) is 2.35. The molecule has 1 aliphatic heterocycles. The first kappa shape index (κ1) is 29.6. The average molecular weight is 677 g/mol. The summed E-state index contributed by atoms with van der Waals surface area (Å²) in [6.45, 7) is 0. The standard InChI is InChI=1S/C50H32N2O/c1-3-15-35(16-4-1)51(37-26-27-42-43-22-11-13-33-14-12-24-48(50(33)43)53-49(42)32-37)46-30-28-38(39-19-7-8-20-40(39)46)34-25-29-47-44(31-34)41-21-9-10-23-45(41)52(47)36-17-5-2-6-18-36/h1-32H. The number of hydrogen-bond donors (Lipinski definition) is 0. The van der Waals surface area contributed by atoms with Gasteiger partial charge < -0.3 is 14.2 Å². The molecule has 0 aliphatic carbocycles. The Balaban J connectivity index is 1.08. The first-order chi connectivity index (χ1) is 26.3. The van der Waals surface area contributed by atoms with Crippen LogP contribution in [0.4, 0.5) is 17.1 Å². The number of benzene rings is 9. The molecule has 53 heavy (non-hydrogen) atoms. The van der Waals surface area contributed by atoms with Crippen molar-refractivity contribution in [1.82, 2.24) is 4.57 Å². The van der Waals surface area contributed by atoms with Gasteiger partial charge in [0.05, 0.1) is 16.7 Å². The molecule has 0 unspecified atom stereocenters.